The quantitative estimate of drug-likeness (QED) is 0.831. The van der Waals surface area contributed by atoms with E-state index in [-0.39, 0.29) is 0 Å². The van der Waals surface area contributed by atoms with Gasteiger partial charge < -0.3 is 15.4 Å². The molecule has 0 bridgehead atoms. The Kier molecular flexibility index (Phi) is 4.44. The first-order valence-corrected chi connectivity index (χ1v) is 6.86. The molecule has 1 aromatic heterocycles. The lowest BCUT2D eigenvalue weighted by atomic mass is 10.2. The smallest absolute Gasteiger partial charge is 0.356 e. The van der Waals surface area contributed by atoms with Crippen molar-refractivity contribution in [3.63, 3.8) is 0 Å². The topological polar surface area (TPSA) is 71.7 Å². The zero-order valence-electron chi connectivity index (χ0n) is 12.3. The first-order valence-electron chi connectivity index (χ1n) is 6.86. The van der Waals surface area contributed by atoms with Gasteiger partial charge in [0.2, 0.25) is 0 Å². The predicted octanol–water partition coefficient (Wildman–Crippen LogP) is 0.981. The molecule has 2 rings (SSSR count). The summed E-state index contributed by atoms with van der Waals surface area (Å²) in [5.74, 6) is 0.239. The summed E-state index contributed by atoms with van der Waals surface area (Å²) in [5, 5.41) is 0. The minimum atomic E-state index is -0.438. The summed E-state index contributed by atoms with van der Waals surface area (Å²) in [7, 11) is 1.35. The van der Waals surface area contributed by atoms with Gasteiger partial charge >= 0.3 is 5.97 Å². The number of piperazine rings is 1. The van der Waals surface area contributed by atoms with E-state index in [0.29, 0.717) is 23.2 Å². The summed E-state index contributed by atoms with van der Waals surface area (Å²) in [6, 6.07) is 3.85. The predicted molar refractivity (Wildman–Crippen MR) is 78.9 cm³/mol. The summed E-state index contributed by atoms with van der Waals surface area (Å²) in [6.45, 7) is 8.06. The van der Waals surface area contributed by atoms with E-state index in [9.17, 15) is 4.79 Å². The SMILES string of the molecule is COC(=O)c1ccc(N)c(N2CCN(C(C)C)CC2)n1. The van der Waals surface area contributed by atoms with E-state index in [1.807, 2.05) is 0 Å². The minimum Gasteiger partial charge on any atom is -0.464 e. The molecule has 1 saturated heterocycles. The number of carbonyl (C=O) groups is 1. The summed E-state index contributed by atoms with van der Waals surface area (Å²) in [5.41, 5.74) is 6.87. The van der Waals surface area contributed by atoms with Gasteiger partial charge in [-0.05, 0) is 26.0 Å². The molecule has 6 nitrogen and oxygen atoms in total. The number of ether oxygens (including phenoxy) is 1. The zero-order valence-corrected chi connectivity index (χ0v) is 12.3. The number of hydrogen-bond acceptors (Lipinski definition) is 6. The standard InChI is InChI=1S/C14H22N4O2/c1-10(2)17-6-8-18(9-7-17)13-11(15)4-5-12(16-13)14(19)20-3/h4-5,10H,6-9,15H2,1-3H3. The van der Waals surface area contributed by atoms with Gasteiger partial charge in [-0.2, -0.15) is 0 Å². The van der Waals surface area contributed by atoms with Crippen LogP contribution >= 0.6 is 0 Å². The van der Waals surface area contributed by atoms with Crippen LogP contribution in [-0.2, 0) is 4.74 Å². The number of carbonyl (C=O) groups excluding carboxylic acids is 1. The Labute approximate surface area is 119 Å². The third-order valence-corrected chi connectivity index (χ3v) is 3.64. The molecule has 0 atom stereocenters. The number of methoxy groups -OCH3 is 1. The molecule has 2 heterocycles. The van der Waals surface area contributed by atoms with Crippen molar-refractivity contribution < 1.29 is 9.53 Å². The van der Waals surface area contributed by atoms with Gasteiger partial charge in [-0.3, -0.25) is 4.90 Å². The number of pyridine rings is 1. The number of rotatable bonds is 3. The van der Waals surface area contributed by atoms with Crippen LogP contribution in [0.5, 0.6) is 0 Å². The molecule has 0 amide bonds. The van der Waals surface area contributed by atoms with Gasteiger partial charge in [-0.1, -0.05) is 0 Å². The van der Waals surface area contributed by atoms with Crippen LogP contribution in [0.3, 0.4) is 0 Å². The highest BCUT2D eigenvalue weighted by Gasteiger charge is 2.22. The van der Waals surface area contributed by atoms with Crippen LogP contribution in [0.4, 0.5) is 11.5 Å². The van der Waals surface area contributed by atoms with Crippen LogP contribution in [0.1, 0.15) is 24.3 Å². The Morgan fingerprint density at radius 3 is 2.50 bits per heavy atom. The van der Waals surface area contributed by atoms with Crippen LogP contribution in [0.15, 0.2) is 12.1 Å². The number of aromatic nitrogens is 1. The summed E-state index contributed by atoms with van der Waals surface area (Å²) in [6.07, 6.45) is 0. The lowest BCUT2D eigenvalue weighted by Crippen LogP contribution is -2.49. The molecule has 6 heteroatoms. The maximum Gasteiger partial charge on any atom is 0.356 e. The number of hydrogen-bond donors (Lipinski definition) is 1. The second-order valence-electron chi connectivity index (χ2n) is 5.22. The van der Waals surface area contributed by atoms with E-state index < -0.39 is 5.97 Å². The van der Waals surface area contributed by atoms with E-state index in [0.717, 1.165) is 26.2 Å². The molecular weight excluding hydrogens is 256 g/mol. The van der Waals surface area contributed by atoms with Crippen LogP contribution in [0.25, 0.3) is 0 Å². The number of nitrogen functional groups attached to an aromatic ring is 1. The molecule has 0 aliphatic carbocycles. The van der Waals surface area contributed by atoms with Crippen LogP contribution in [0.2, 0.25) is 0 Å². The van der Waals surface area contributed by atoms with Crippen molar-refractivity contribution in [1.29, 1.82) is 0 Å². The normalized spacial score (nSPS) is 16.5. The molecule has 1 aliphatic rings. The van der Waals surface area contributed by atoms with Gasteiger partial charge in [0.15, 0.2) is 11.5 Å². The summed E-state index contributed by atoms with van der Waals surface area (Å²) >= 11 is 0. The average molecular weight is 278 g/mol. The van der Waals surface area contributed by atoms with Crippen molar-refractivity contribution in [2.45, 2.75) is 19.9 Å². The van der Waals surface area contributed by atoms with Crippen molar-refractivity contribution in [1.82, 2.24) is 9.88 Å². The highest BCUT2D eigenvalue weighted by atomic mass is 16.5. The maximum atomic E-state index is 11.5. The molecular formula is C14H22N4O2. The van der Waals surface area contributed by atoms with Crippen molar-refractivity contribution >= 4 is 17.5 Å². The second kappa shape index (κ2) is 6.09. The number of esters is 1. The van der Waals surface area contributed by atoms with Gasteiger partial charge in [-0.15, -0.1) is 0 Å². The van der Waals surface area contributed by atoms with Crippen LogP contribution < -0.4 is 10.6 Å². The fraction of sp³-hybridized carbons (Fsp3) is 0.571. The number of anilines is 2. The van der Waals surface area contributed by atoms with E-state index in [1.54, 1.807) is 12.1 Å². The lowest BCUT2D eigenvalue weighted by Gasteiger charge is -2.37. The molecule has 1 fully saturated rings. The Balaban J connectivity index is 2.15. The van der Waals surface area contributed by atoms with E-state index in [2.05, 4.69) is 28.6 Å². The lowest BCUT2D eigenvalue weighted by molar-refractivity contribution is 0.0594. The molecule has 2 N–H and O–H groups in total. The molecule has 1 aromatic rings. The monoisotopic (exact) mass is 278 g/mol. The third-order valence-electron chi connectivity index (χ3n) is 3.64. The minimum absolute atomic E-state index is 0.294. The van der Waals surface area contributed by atoms with E-state index in [1.165, 1.54) is 7.11 Å². The molecule has 0 aromatic carbocycles. The molecule has 1 aliphatic heterocycles. The molecule has 0 saturated carbocycles. The van der Waals surface area contributed by atoms with E-state index in [4.69, 9.17) is 10.5 Å². The molecule has 20 heavy (non-hydrogen) atoms. The van der Waals surface area contributed by atoms with Gasteiger partial charge in [0, 0.05) is 32.2 Å². The fourth-order valence-electron chi connectivity index (χ4n) is 2.38. The number of nitrogens with two attached hydrogens (primary N) is 1. The average Bonchev–Trinajstić information content (AvgIpc) is 2.47. The Hall–Kier alpha value is -1.82. The van der Waals surface area contributed by atoms with E-state index >= 15 is 0 Å². The van der Waals surface area contributed by atoms with Crippen molar-refractivity contribution in [3.05, 3.63) is 17.8 Å². The van der Waals surface area contributed by atoms with Gasteiger partial charge in [-0.25, -0.2) is 9.78 Å². The largest absolute Gasteiger partial charge is 0.464 e. The fourth-order valence-corrected chi connectivity index (χ4v) is 2.38. The van der Waals surface area contributed by atoms with Gasteiger partial charge in [0.25, 0.3) is 0 Å². The summed E-state index contributed by atoms with van der Waals surface area (Å²) in [4.78, 5) is 20.4. The first kappa shape index (κ1) is 14.6. The summed E-state index contributed by atoms with van der Waals surface area (Å²) < 4.78 is 4.70. The molecule has 110 valence electrons. The number of nitrogens with zero attached hydrogens (tertiary/aromatic N) is 3. The Morgan fingerprint density at radius 2 is 1.95 bits per heavy atom. The third kappa shape index (κ3) is 3.01. The Bertz CT molecular complexity index is 482. The van der Waals surface area contributed by atoms with Crippen molar-refractivity contribution in [2.75, 3.05) is 43.9 Å². The Morgan fingerprint density at radius 1 is 1.30 bits per heavy atom. The van der Waals surface area contributed by atoms with Crippen LogP contribution in [-0.4, -0.2) is 55.2 Å². The zero-order chi connectivity index (χ0) is 14.7. The first-order chi connectivity index (χ1) is 9.52. The molecule has 0 spiro atoms. The highest BCUT2D eigenvalue weighted by Crippen LogP contribution is 2.22. The van der Waals surface area contributed by atoms with Gasteiger partial charge in [0.1, 0.15) is 0 Å². The van der Waals surface area contributed by atoms with Crippen molar-refractivity contribution in [3.8, 4) is 0 Å². The second-order valence-corrected chi connectivity index (χ2v) is 5.22. The maximum absolute atomic E-state index is 11.5. The van der Waals surface area contributed by atoms with Crippen molar-refractivity contribution in [2.24, 2.45) is 0 Å². The highest BCUT2D eigenvalue weighted by molar-refractivity contribution is 5.88. The molecule has 0 unspecified atom stereocenters. The molecule has 0 radical (unpaired) electrons. The van der Waals surface area contributed by atoms with Gasteiger partial charge in [0.05, 0.1) is 12.8 Å². The van der Waals surface area contributed by atoms with Crippen LogP contribution in [0, 0.1) is 0 Å².